The van der Waals surface area contributed by atoms with E-state index < -0.39 is 16.8 Å². The summed E-state index contributed by atoms with van der Waals surface area (Å²) in [5, 5.41) is 11.5. The molecule has 0 aliphatic rings. The largest absolute Gasteiger partial charge is 0.504 e. The number of carbonyl (C=O) groups excluding carboxylic acids is 1. The molecule has 28 heavy (non-hydrogen) atoms. The molecule has 0 aliphatic heterocycles. The van der Waals surface area contributed by atoms with Gasteiger partial charge in [0.2, 0.25) is 11.5 Å². The molecule has 1 unspecified atom stereocenters. The van der Waals surface area contributed by atoms with E-state index in [1.165, 1.54) is 21.1 Å². The Morgan fingerprint density at radius 1 is 0.964 bits per heavy atom. The van der Waals surface area contributed by atoms with E-state index in [4.69, 9.17) is 14.2 Å². The average Bonchev–Trinajstić information content (AvgIpc) is 2.69. The first-order valence-corrected chi connectivity index (χ1v) is 9.80. The van der Waals surface area contributed by atoms with E-state index >= 15 is 0 Å². The molecule has 3 aromatic carbocycles. The highest BCUT2D eigenvalue weighted by Gasteiger charge is 2.26. The fourth-order valence-corrected chi connectivity index (χ4v) is 4.34. The average molecular weight is 400 g/mol. The number of fused-ring (bicyclic) bond motifs is 1. The van der Waals surface area contributed by atoms with Gasteiger partial charge in [-0.2, -0.15) is 0 Å². The predicted molar refractivity (Wildman–Crippen MR) is 107 cm³/mol. The van der Waals surface area contributed by atoms with Crippen LogP contribution in [0.4, 0.5) is 0 Å². The third-order valence-corrected chi connectivity index (χ3v) is 5.60. The van der Waals surface area contributed by atoms with Crippen LogP contribution >= 0.6 is 0 Å². The molecular formula is C21H20O6S. The quantitative estimate of drug-likeness (QED) is 0.501. The highest BCUT2D eigenvalue weighted by Crippen LogP contribution is 2.51. The lowest BCUT2D eigenvalue weighted by molar-refractivity contribution is -0.131. The number of phenolic OH excluding ortho intramolecular Hbond substituents is 1. The highest BCUT2D eigenvalue weighted by molar-refractivity contribution is 7.84. The Balaban J connectivity index is 2.25. The number of methoxy groups -OCH3 is 2. The zero-order valence-electron chi connectivity index (χ0n) is 15.7. The Labute approximate surface area is 165 Å². The zero-order valence-corrected chi connectivity index (χ0v) is 16.5. The standard InChI is InChI=1S/C21H20O6S/c1-13(22)27-19-15-10-7-11-16(28(24)12-14-8-5-4-6-9-14)17(15)18(23)20(25-2)21(19)26-3/h4-11,23H,12H2,1-3H3. The van der Waals surface area contributed by atoms with E-state index in [0.29, 0.717) is 15.7 Å². The summed E-state index contributed by atoms with van der Waals surface area (Å²) in [6, 6.07) is 14.4. The summed E-state index contributed by atoms with van der Waals surface area (Å²) in [6.07, 6.45) is 0. The van der Waals surface area contributed by atoms with Gasteiger partial charge in [0.05, 0.1) is 35.7 Å². The van der Waals surface area contributed by atoms with Gasteiger partial charge in [-0.1, -0.05) is 42.5 Å². The second kappa shape index (κ2) is 8.31. The van der Waals surface area contributed by atoms with Gasteiger partial charge in [-0.3, -0.25) is 9.00 Å². The minimum absolute atomic E-state index is 0.00964. The van der Waals surface area contributed by atoms with Gasteiger partial charge in [-0.15, -0.1) is 0 Å². The maximum absolute atomic E-state index is 13.1. The van der Waals surface area contributed by atoms with Crippen LogP contribution < -0.4 is 14.2 Å². The van der Waals surface area contributed by atoms with Crippen LogP contribution in [0.1, 0.15) is 12.5 Å². The van der Waals surface area contributed by atoms with Gasteiger partial charge < -0.3 is 19.3 Å². The van der Waals surface area contributed by atoms with Crippen LogP contribution in [-0.4, -0.2) is 29.5 Å². The van der Waals surface area contributed by atoms with Crippen molar-refractivity contribution in [2.45, 2.75) is 17.6 Å². The third kappa shape index (κ3) is 3.66. The fraction of sp³-hybridized carbons (Fsp3) is 0.190. The molecule has 3 rings (SSSR count). The van der Waals surface area contributed by atoms with Crippen LogP contribution in [0.5, 0.6) is 23.0 Å². The Morgan fingerprint density at radius 3 is 2.25 bits per heavy atom. The Kier molecular flexibility index (Phi) is 5.84. The molecule has 1 N–H and O–H groups in total. The van der Waals surface area contributed by atoms with E-state index in [1.807, 2.05) is 30.3 Å². The van der Waals surface area contributed by atoms with Crippen molar-refractivity contribution < 1.29 is 28.3 Å². The summed E-state index contributed by atoms with van der Waals surface area (Å²) in [7, 11) is 1.29. The number of esters is 1. The van der Waals surface area contributed by atoms with E-state index in [0.717, 1.165) is 5.56 Å². The van der Waals surface area contributed by atoms with Crippen LogP contribution in [-0.2, 0) is 21.3 Å². The monoisotopic (exact) mass is 400 g/mol. The predicted octanol–water partition coefficient (Wildman–Crippen LogP) is 3.80. The Hall–Kier alpha value is -3.06. The first-order valence-electron chi connectivity index (χ1n) is 8.48. The van der Waals surface area contributed by atoms with E-state index in [1.54, 1.807) is 18.2 Å². The lowest BCUT2D eigenvalue weighted by Gasteiger charge is -2.18. The lowest BCUT2D eigenvalue weighted by Crippen LogP contribution is -2.06. The van der Waals surface area contributed by atoms with Crippen molar-refractivity contribution in [3.8, 4) is 23.0 Å². The van der Waals surface area contributed by atoms with E-state index in [9.17, 15) is 14.1 Å². The SMILES string of the molecule is COc1c(OC)c(O)c2c(S(=O)Cc3ccccc3)cccc2c1OC(C)=O. The van der Waals surface area contributed by atoms with Crippen LogP contribution in [0.3, 0.4) is 0 Å². The van der Waals surface area contributed by atoms with Crippen molar-refractivity contribution in [1.82, 2.24) is 0 Å². The number of benzene rings is 3. The number of rotatable bonds is 6. The van der Waals surface area contributed by atoms with Crippen molar-refractivity contribution in [3.63, 3.8) is 0 Å². The molecule has 0 amide bonds. The summed E-state index contributed by atoms with van der Waals surface area (Å²) in [6.45, 7) is 1.27. The molecule has 7 heteroatoms. The number of aromatic hydroxyl groups is 1. The molecule has 0 aliphatic carbocycles. The molecule has 0 radical (unpaired) electrons. The molecule has 0 spiro atoms. The molecule has 0 heterocycles. The molecule has 0 bridgehead atoms. The maximum Gasteiger partial charge on any atom is 0.308 e. The number of hydrogen-bond acceptors (Lipinski definition) is 6. The molecular weight excluding hydrogens is 380 g/mol. The summed E-state index contributed by atoms with van der Waals surface area (Å²) in [5.74, 6) is -0.288. The fourth-order valence-electron chi connectivity index (χ4n) is 3.02. The molecule has 6 nitrogen and oxygen atoms in total. The topological polar surface area (TPSA) is 82.1 Å². The summed E-state index contributed by atoms with van der Waals surface area (Å²) < 4.78 is 29.0. The summed E-state index contributed by atoms with van der Waals surface area (Å²) >= 11 is 0. The van der Waals surface area contributed by atoms with E-state index in [-0.39, 0.29) is 28.8 Å². The maximum atomic E-state index is 13.1. The normalized spacial score (nSPS) is 11.8. The lowest BCUT2D eigenvalue weighted by atomic mass is 10.1. The first kappa shape index (κ1) is 19.7. The second-order valence-electron chi connectivity index (χ2n) is 5.99. The van der Waals surface area contributed by atoms with Crippen LogP contribution in [0.2, 0.25) is 0 Å². The first-order chi connectivity index (χ1) is 13.5. The van der Waals surface area contributed by atoms with Crippen LogP contribution in [0.25, 0.3) is 10.8 Å². The molecule has 0 saturated carbocycles. The van der Waals surface area contributed by atoms with Gasteiger partial charge in [-0.25, -0.2) is 0 Å². The summed E-state index contributed by atoms with van der Waals surface area (Å²) in [5.41, 5.74) is 0.901. The molecule has 0 fully saturated rings. The molecule has 1 atom stereocenters. The van der Waals surface area contributed by atoms with Crippen molar-refractivity contribution in [3.05, 3.63) is 54.1 Å². The Bertz CT molecular complexity index is 1050. The minimum Gasteiger partial charge on any atom is -0.504 e. The van der Waals surface area contributed by atoms with Crippen molar-refractivity contribution in [2.75, 3.05) is 14.2 Å². The van der Waals surface area contributed by atoms with Crippen LogP contribution in [0, 0.1) is 0 Å². The van der Waals surface area contributed by atoms with E-state index in [2.05, 4.69) is 0 Å². The molecule has 3 aromatic rings. The van der Waals surface area contributed by atoms with Gasteiger partial charge in [-0.05, 0) is 11.6 Å². The number of phenols is 1. The van der Waals surface area contributed by atoms with Crippen LogP contribution in [0.15, 0.2) is 53.4 Å². The second-order valence-corrected chi connectivity index (χ2v) is 7.41. The number of hydrogen-bond donors (Lipinski definition) is 1. The van der Waals surface area contributed by atoms with Crippen molar-refractivity contribution >= 4 is 27.5 Å². The molecule has 0 aromatic heterocycles. The third-order valence-electron chi connectivity index (χ3n) is 4.18. The Morgan fingerprint density at radius 2 is 1.64 bits per heavy atom. The van der Waals surface area contributed by atoms with Gasteiger partial charge in [0.1, 0.15) is 0 Å². The minimum atomic E-state index is -1.46. The smallest absolute Gasteiger partial charge is 0.308 e. The number of ether oxygens (including phenoxy) is 3. The van der Waals surface area contributed by atoms with Gasteiger partial charge >= 0.3 is 5.97 Å². The van der Waals surface area contributed by atoms with Crippen molar-refractivity contribution in [2.24, 2.45) is 0 Å². The zero-order chi connectivity index (χ0) is 20.3. The molecule has 146 valence electrons. The van der Waals surface area contributed by atoms with Gasteiger partial charge in [0, 0.05) is 17.7 Å². The number of carbonyl (C=O) groups is 1. The summed E-state index contributed by atoms with van der Waals surface area (Å²) in [4.78, 5) is 12.0. The van der Waals surface area contributed by atoms with Gasteiger partial charge in [0.15, 0.2) is 11.5 Å². The highest BCUT2D eigenvalue weighted by atomic mass is 32.2. The van der Waals surface area contributed by atoms with Crippen molar-refractivity contribution in [1.29, 1.82) is 0 Å². The molecule has 0 saturated heterocycles. The van der Waals surface area contributed by atoms with Gasteiger partial charge in [0.25, 0.3) is 0 Å².